The van der Waals surface area contributed by atoms with Crippen molar-refractivity contribution in [2.45, 2.75) is 12.6 Å². The third kappa shape index (κ3) is 4.54. The number of hydrogen-bond donors (Lipinski definition) is 2. The summed E-state index contributed by atoms with van der Waals surface area (Å²) in [6.07, 6.45) is -0.369. The van der Waals surface area contributed by atoms with E-state index in [-0.39, 0.29) is 6.61 Å². The van der Waals surface area contributed by atoms with Crippen molar-refractivity contribution in [1.82, 2.24) is 0 Å². The first-order chi connectivity index (χ1) is 7.76. The van der Waals surface area contributed by atoms with Crippen LogP contribution in [-0.4, -0.2) is 24.8 Å². The quantitative estimate of drug-likeness (QED) is 0.420. The molecule has 0 fully saturated rings. The number of ether oxygens (including phenoxy) is 1. The molecule has 0 saturated carbocycles. The monoisotopic (exact) mass is 231 g/mol. The van der Waals surface area contributed by atoms with E-state index in [9.17, 15) is 4.39 Å². The average Bonchev–Trinajstić information content (AvgIpc) is 2.28. The Kier molecular flexibility index (Phi) is 5.73. The molecule has 90 valence electrons. The van der Waals surface area contributed by atoms with Crippen LogP contribution in [0.25, 0.3) is 0 Å². The highest BCUT2D eigenvalue weighted by Crippen LogP contribution is 2.13. The molecule has 16 heavy (non-hydrogen) atoms. The number of hydrogen-bond acceptors (Lipinski definition) is 5. The van der Waals surface area contributed by atoms with E-state index in [2.05, 4.69) is 9.93 Å². The fourth-order valence-corrected chi connectivity index (χ4v) is 1.20. The topological polar surface area (TPSA) is 73.9 Å². The van der Waals surface area contributed by atoms with Crippen LogP contribution < -0.4 is 10.5 Å². The standard InChI is InChI=1S/C10H14FNO4/c11-5-6-14-9-3-1-8(2-4-9)7-10(12)15-16-13/h1-4,10,13H,5-7,12H2. The maximum absolute atomic E-state index is 11.8. The van der Waals surface area contributed by atoms with Crippen molar-refractivity contribution in [2.24, 2.45) is 5.73 Å². The number of nitrogens with two attached hydrogens (primary N) is 1. The van der Waals surface area contributed by atoms with Crippen molar-refractivity contribution in [2.75, 3.05) is 13.3 Å². The Morgan fingerprint density at radius 2 is 2.00 bits per heavy atom. The van der Waals surface area contributed by atoms with Crippen molar-refractivity contribution >= 4 is 0 Å². The molecule has 1 aromatic carbocycles. The zero-order valence-corrected chi connectivity index (χ0v) is 8.64. The lowest BCUT2D eigenvalue weighted by Gasteiger charge is -2.09. The van der Waals surface area contributed by atoms with Gasteiger partial charge in [-0.3, -0.25) is 0 Å². The molecule has 0 heterocycles. The summed E-state index contributed by atoms with van der Waals surface area (Å²) in [4.78, 5) is 4.29. The largest absolute Gasteiger partial charge is 0.491 e. The van der Waals surface area contributed by atoms with Crippen LogP contribution >= 0.6 is 0 Å². The highest BCUT2D eigenvalue weighted by molar-refractivity contribution is 5.27. The van der Waals surface area contributed by atoms with Crippen LogP contribution in [0.1, 0.15) is 5.56 Å². The molecule has 1 atom stereocenters. The summed E-state index contributed by atoms with van der Waals surface area (Å²) < 4.78 is 16.9. The third-order valence-electron chi connectivity index (χ3n) is 1.87. The summed E-state index contributed by atoms with van der Waals surface area (Å²) >= 11 is 0. The van der Waals surface area contributed by atoms with E-state index in [1.807, 2.05) is 0 Å². The minimum atomic E-state index is -0.748. The van der Waals surface area contributed by atoms with Gasteiger partial charge in [0.2, 0.25) is 0 Å². The lowest BCUT2D eigenvalue weighted by atomic mass is 10.1. The van der Waals surface area contributed by atoms with Gasteiger partial charge in [-0.25, -0.2) is 9.65 Å². The van der Waals surface area contributed by atoms with Crippen LogP contribution in [0, 0.1) is 0 Å². The van der Waals surface area contributed by atoms with E-state index in [0.717, 1.165) is 5.56 Å². The summed E-state index contributed by atoms with van der Waals surface area (Å²) in [5.74, 6) is 0.592. The zero-order valence-electron chi connectivity index (χ0n) is 8.64. The second kappa shape index (κ2) is 7.13. The molecule has 0 spiro atoms. The Morgan fingerprint density at radius 3 is 2.56 bits per heavy atom. The molecular weight excluding hydrogens is 217 g/mol. The van der Waals surface area contributed by atoms with Gasteiger partial charge in [-0.05, 0) is 17.7 Å². The van der Waals surface area contributed by atoms with Gasteiger partial charge in [0.05, 0.1) is 0 Å². The molecule has 1 aromatic rings. The second-order valence-electron chi connectivity index (χ2n) is 3.09. The van der Waals surface area contributed by atoms with E-state index in [1.165, 1.54) is 0 Å². The molecule has 1 rings (SSSR count). The first-order valence-corrected chi connectivity index (χ1v) is 4.76. The fourth-order valence-electron chi connectivity index (χ4n) is 1.20. The van der Waals surface area contributed by atoms with Gasteiger partial charge in [0, 0.05) is 6.42 Å². The van der Waals surface area contributed by atoms with E-state index < -0.39 is 12.9 Å². The zero-order chi connectivity index (χ0) is 11.8. The molecular formula is C10H14FNO4. The van der Waals surface area contributed by atoms with Crippen molar-refractivity contribution in [3.05, 3.63) is 29.8 Å². The van der Waals surface area contributed by atoms with Gasteiger partial charge in [-0.2, -0.15) is 4.89 Å². The van der Waals surface area contributed by atoms with Gasteiger partial charge in [0.1, 0.15) is 25.3 Å². The Bertz CT molecular complexity index is 293. The molecule has 6 heteroatoms. The molecule has 0 aliphatic rings. The van der Waals surface area contributed by atoms with Gasteiger partial charge in [0.25, 0.3) is 0 Å². The van der Waals surface area contributed by atoms with Crippen LogP contribution in [0.3, 0.4) is 0 Å². The lowest BCUT2D eigenvalue weighted by molar-refractivity contribution is -0.505. The fraction of sp³-hybridized carbons (Fsp3) is 0.400. The minimum Gasteiger partial charge on any atom is -0.491 e. The normalized spacial score (nSPS) is 12.4. The highest BCUT2D eigenvalue weighted by Gasteiger charge is 2.05. The minimum absolute atomic E-state index is 0.0420. The van der Waals surface area contributed by atoms with Crippen molar-refractivity contribution < 1.29 is 24.3 Å². The molecule has 0 aliphatic heterocycles. The van der Waals surface area contributed by atoms with Crippen LogP contribution in [0.5, 0.6) is 5.75 Å². The van der Waals surface area contributed by atoms with Gasteiger partial charge < -0.3 is 10.5 Å². The Morgan fingerprint density at radius 1 is 1.31 bits per heavy atom. The molecule has 0 amide bonds. The number of alkyl halides is 1. The van der Waals surface area contributed by atoms with E-state index >= 15 is 0 Å². The first kappa shape index (κ1) is 12.9. The van der Waals surface area contributed by atoms with Crippen molar-refractivity contribution in [1.29, 1.82) is 0 Å². The molecule has 1 unspecified atom stereocenters. The summed E-state index contributed by atoms with van der Waals surface area (Å²) in [7, 11) is 0. The summed E-state index contributed by atoms with van der Waals surface area (Å²) in [6.45, 7) is -0.478. The van der Waals surface area contributed by atoms with Crippen LogP contribution in [0.15, 0.2) is 24.3 Å². The Labute approximate surface area is 92.4 Å². The van der Waals surface area contributed by atoms with Gasteiger partial charge in [0.15, 0.2) is 0 Å². The van der Waals surface area contributed by atoms with Gasteiger partial charge in [-0.1, -0.05) is 17.2 Å². The Hall–Kier alpha value is -1.21. The first-order valence-electron chi connectivity index (χ1n) is 4.76. The van der Waals surface area contributed by atoms with Gasteiger partial charge in [-0.15, -0.1) is 0 Å². The maximum atomic E-state index is 11.8. The summed E-state index contributed by atoms with van der Waals surface area (Å²) in [5, 5.41) is 11.5. The van der Waals surface area contributed by atoms with Crippen molar-refractivity contribution in [3.63, 3.8) is 0 Å². The molecule has 0 aliphatic carbocycles. The Balaban J connectivity index is 2.44. The summed E-state index contributed by atoms with van der Waals surface area (Å²) in [6, 6.07) is 6.96. The third-order valence-corrected chi connectivity index (χ3v) is 1.87. The number of benzene rings is 1. The molecule has 5 nitrogen and oxygen atoms in total. The predicted molar refractivity (Wildman–Crippen MR) is 54.4 cm³/mol. The lowest BCUT2D eigenvalue weighted by Crippen LogP contribution is -2.25. The second-order valence-corrected chi connectivity index (χ2v) is 3.09. The molecule has 3 N–H and O–H groups in total. The van der Waals surface area contributed by atoms with Crippen LogP contribution in [0.4, 0.5) is 4.39 Å². The average molecular weight is 231 g/mol. The highest BCUT2D eigenvalue weighted by atomic mass is 19.1. The molecule has 0 saturated heterocycles. The maximum Gasteiger partial charge on any atom is 0.148 e. The predicted octanol–water partition coefficient (Wildman–Crippen LogP) is 1.28. The number of halogens is 1. The smallest absolute Gasteiger partial charge is 0.148 e. The van der Waals surface area contributed by atoms with Crippen LogP contribution in [0.2, 0.25) is 0 Å². The van der Waals surface area contributed by atoms with Gasteiger partial charge >= 0.3 is 0 Å². The van der Waals surface area contributed by atoms with Crippen LogP contribution in [-0.2, 0) is 16.3 Å². The summed E-state index contributed by atoms with van der Waals surface area (Å²) in [5.41, 5.74) is 6.33. The SMILES string of the molecule is NC(Cc1ccc(OCCF)cc1)OOO. The van der Waals surface area contributed by atoms with E-state index in [4.69, 9.17) is 15.7 Å². The molecule has 0 aromatic heterocycles. The molecule has 0 radical (unpaired) electrons. The van der Waals surface area contributed by atoms with E-state index in [0.29, 0.717) is 12.2 Å². The van der Waals surface area contributed by atoms with Crippen molar-refractivity contribution in [3.8, 4) is 5.75 Å². The van der Waals surface area contributed by atoms with E-state index in [1.54, 1.807) is 24.3 Å². The number of rotatable bonds is 7. The molecule has 0 bridgehead atoms.